The SMILES string of the molecule is NCCCC(N)CNC(=O)c1nc2ccc(-c3ccc(F)cc3)cc2[nH]1. The van der Waals surface area contributed by atoms with E-state index in [1.165, 1.54) is 12.1 Å². The Labute approximate surface area is 150 Å². The lowest BCUT2D eigenvalue weighted by Crippen LogP contribution is -2.37. The zero-order valence-corrected chi connectivity index (χ0v) is 14.3. The summed E-state index contributed by atoms with van der Waals surface area (Å²) in [4.78, 5) is 19.6. The molecule has 0 saturated carbocycles. The summed E-state index contributed by atoms with van der Waals surface area (Å²) in [5, 5.41) is 2.78. The summed E-state index contributed by atoms with van der Waals surface area (Å²) in [6, 6.07) is 11.7. The maximum Gasteiger partial charge on any atom is 0.287 e. The Bertz CT molecular complexity index is 891. The third kappa shape index (κ3) is 4.25. The number of hydrogen-bond donors (Lipinski definition) is 4. The van der Waals surface area contributed by atoms with Crippen LogP contribution < -0.4 is 16.8 Å². The molecule has 6 N–H and O–H groups in total. The van der Waals surface area contributed by atoms with Crippen LogP contribution in [-0.2, 0) is 0 Å². The number of aromatic nitrogens is 2. The zero-order valence-electron chi connectivity index (χ0n) is 14.3. The number of halogens is 1. The molecule has 0 bridgehead atoms. The molecule has 2 aromatic carbocycles. The summed E-state index contributed by atoms with van der Waals surface area (Å²) in [6.45, 7) is 0.957. The number of aromatic amines is 1. The average molecular weight is 355 g/mol. The molecule has 0 fully saturated rings. The first-order valence-electron chi connectivity index (χ1n) is 8.56. The Morgan fingerprint density at radius 2 is 1.92 bits per heavy atom. The van der Waals surface area contributed by atoms with E-state index in [-0.39, 0.29) is 23.6 Å². The number of H-pyrrole nitrogens is 1. The van der Waals surface area contributed by atoms with Crippen LogP contribution in [0.25, 0.3) is 22.2 Å². The van der Waals surface area contributed by atoms with Crippen molar-refractivity contribution in [1.29, 1.82) is 0 Å². The third-order valence-corrected chi connectivity index (χ3v) is 4.18. The van der Waals surface area contributed by atoms with Crippen LogP contribution in [0.15, 0.2) is 42.5 Å². The van der Waals surface area contributed by atoms with Crippen LogP contribution in [0.2, 0.25) is 0 Å². The molecule has 0 saturated heterocycles. The molecule has 0 radical (unpaired) electrons. The number of imidazole rings is 1. The smallest absolute Gasteiger partial charge is 0.287 e. The van der Waals surface area contributed by atoms with Crippen molar-refractivity contribution < 1.29 is 9.18 Å². The largest absolute Gasteiger partial charge is 0.348 e. The van der Waals surface area contributed by atoms with Gasteiger partial charge in [0, 0.05) is 12.6 Å². The standard InChI is InChI=1S/C19H22FN5O/c20-14-6-3-12(4-7-14)13-5-8-16-17(10-13)25-18(24-16)19(26)23-11-15(22)2-1-9-21/h3-8,10,15H,1-2,9,11,21-22H2,(H,23,26)(H,24,25). The highest BCUT2D eigenvalue weighted by Gasteiger charge is 2.13. The second kappa shape index (κ2) is 8.07. The summed E-state index contributed by atoms with van der Waals surface area (Å²) in [5.41, 5.74) is 14.6. The molecule has 0 spiro atoms. The van der Waals surface area contributed by atoms with Gasteiger partial charge in [0.1, 0.15) is 5.82 Å². The van der Waals surface area contributed by atoms with E-state index >= 15 is 0 Å². The molecule has 26 heavy (non-hydrogen) atoms. The van der Waals surface area contributed by atoms with Gasteiger partial charge in [0.25, 0.3) is 5.91 Å². The van der Waals surface area contributed by atoms with Crippen molar-refractivity contribution in [2.45, 2.75) is 18.9 Å². The van der Waals surface area contributed by atoms with E-state index in [4.69, 9.17) is 11.5 Å². The molecule has 0 aliphatic carbocycles. The molecule has 3 aromatic rings. The van der Waals surface area contributed by atoms with Gasteiger partial charge in [0.15, 0.2) is 5.82 Å². The molecule has 1 amide bonds. The molecule has 3 rings (SSSR count). The average Bonchev–Trinajstić information content (AvgIpc) is 3.08. The number of nitrogens with two attached hydrogens (primary N) is 2. The van der Waals surface area contributed by atoms with E-state index in [1.54, 1.807) is 12.1 Å². The number of fused-ring (bicyclic) bond motifs is 1. The summed E-state index contributed by atoms with van der Waals surface area (Å²) in [5.74, 6) is -0.338. The van der Waals surface area contributed by atoms with Gasteiger partial charge >= 0.3 is 0 Å². The first kappa shape index (κ1) is 18.0. The van der Waals surface area contributed by atoms with Crippen molar-refractivity contribution in [3.63, 3.8) is 0 Å². The highest BCUT2D eigenvalue weighted by molar-refractivity contribution is 5.94. The van der Waals surface area contributed by atoms with Crippen LogP contribution >= 0.6 is 0 Å². The first-order valence-corrected chi connectivity index (χ1v) is 8.56. The van der Waals surface area contributed by atoms with E-state index in [1.807, 2.05) is 18.2 Å². The number of carbonyl (C=O) groups is 1. The first-order chi connectivity index (χ1) is 12.6. The van der Waals surface area contributed by atoms with Crippen molar-refractivity contribution in [2.24, 2.45) is 11.5 Å². The van der Waals surface area contributed by atoms with E-state index in [0.717, 1.165) is 29.5 Å². The fourth-order valence-corrected chi connectivity index (χ4v) is 2.73. The number of nitrogens with zero attached hydrogens (tertiary/aromatic N) is 1. The Balaban J connectivity index is 1.72. The molecule has 6 nitrogen and oxygen atoms in total. The fraction of sp³-hybridized carbons (Fsp3) is 0.263. The molecule has 1 aromatic heterocycles. The molecule has 1 unspecified atom stereocenters. The molecular weight excluding hydrogens is 333 g/mol. The molecule has 1 atom stereocenters. The van der Waals surface area contributed by atoms with Crippen LogP contribution in [-0.4, -0.2) is 35.0 Å². The third-order valence-electron chi connectivity index (χ3n) is 4.18. The molecule has 1 heterocycles. The van der Waals surface area contributed by atoms with Crippen LogP contribution in [0.3, 0.4) is 0 Å². The van der Waals surface area contributed by atoms with Gasteiger partial charge < -0.3 is 21.8 Å². The van der Waals surface area contributed by atoms with Gasteiger partial charge in [0.05, 0.1) is 11.0 Å². The van der Waals surface area contributed by atoms with Crippen LogP contribution in [0.5, 0.6) is 0 Å². The number of amides is 1. The lowest BCUT2D eigenvalue weighted by Gasteiger charge is -2.11. The highest BCUT2D eigenvalue weighted by Crippen LogP contribution is 2.23. The van der Waals surface area contributed by atoms with Gasteiger partial charge in [-0.2, -0.15) is 0 Å². The van der Waals surface area contributed by atoms with E-state index in [9.17, 15) is 9.18 Å². The van der Waals surface area contributed by atoms with Crippen molar-refractivity contribution in [3.8, 4) is 11.1 Å². The van der Waals surface area contributed by atoms with Crippen LogP contribution in [0.1, 0.15) is 23.5 Å². The molecule has 0 aliphatic rings. The monoisotopic (exact) mass is 355 g/mol. The number of nitrogens with one attached hydrogen (secondary N) is 2. The van der Waals surface area contributed by atoms with Gasteiger partial charge in [0.2, 0.25) is 0 Å². The molecule has 136 valence electrons. The topological polar surface area (TPSA) is 110 Å². The van der Waals surface area contributed by atoms with Crippen molar-refractivity contribution in [1.82, 2.24) is 15.3 Å². The van der Waals surface area contributed by atoms with Gasteiger partial charge in [-0.15, -0.1) is 0 Å². The Hall–Kier alpha value is -2.77. The fourth-order valence-electron chi connectivity index (χ4n) is 2.73. The lowest BCUT2D eigenvalue weighted by molar-refractivity contribution is 0.0941. The predicted octanol–water partition coefficient (Wildman–Crippen LogP) is 2.17. The molecular formula is C19H22FN5O. The minimum absolute atomic E-state index is 0.128. The number of benzene rings is 2. The van der Waals surface area contributed by atoms with E-state index in [0.29, 0.717) is 18.6 Å². The predicted molar refractivity (Wildman–Crippen MR) is 100 cm³/mol. The quantitative estimate of drug-likeness (QED) is 0.520. The normalized spacial score (nSPS) is 12.3. The summed E-state index contributed by atoms with van der Waals surface area (Å²) >= 11 is 0. The minimum atomic E-state index is -0.298. The van der Waals surface area contributed by atoms with Gasteiger partial charge in [-0.25, -0.2) is 9.37 Å². The Morgan fingerprint density at radius 1 is 1.19 bits per heavy atom. The summed E-state index contributed by atoms with van der Waals surface area (Å²) in [6.07, 6.45) is 1.59. The van der Waals surface area contributed by atoms with Crippen LogP contribution in [0, 0.1) is 5.82 Å². The van der Waals surface area contributed by atoms with Gasteiger partial charge in [-0.1, -0.05) is 18.2 Å². The van der Waals surface area contributed by atoms with Crippen molar-refractivity contribution in [2.75, 3.05) is 13.1 Å². The maximum absolute atomic E-state index is 13.1. The lowest BCUT2D eigenvalue weighted by atomic mass is 10.1. The van der Waals surface area contributed by atoms with Crippen molar-refractivity contribution >= 4 is 16.9 Å². The Morgan fingerprint density at radius 3 is 2.65 bits per heavy atom. The zero-order chi connectivity index (χ0) is 18.5. The number of carbonyl (C=O) groups excluding carboxylic acids is 1. The Kier molecular flexibility index (Phi) is 5.60. The second-order valence-electron chi connectivity index (χ2n) is 6.23. The van der Waals surface area contributed by atoms with Crippen LogP contribution in [0.4, 0.5) is 4.39 Å². The maximum atomic E-state index is 13.1. The van der Waals surface area contributed by atoms with Gasteiger partial charge in [-0.05, 0) is 54.8 Å². The summed E-state index contributed by atoms with van der Waals surface area (Å²) < 4.78 is 13.1. The number of rotatable bonds is 7. The molecule has 0 aliphatic heterocycles. The minimum Gasteiger partial charge on any atom is -0.348 e. The van der Waals surface area contributed by atoms with Crippen molar-refractivity contribution in [3.05, 3.63) is 54.1 Å². The van der Waals surface area contributed by atoms with E-state index in [2.05, 4.69) is 15.3 Å². The van der Waals surface area contributed by atoms with Gasteiger partial charge in [-0.3, -0.25) is 4.79 Å². The number of hydrogen-bond acceptors (Lipinski definition) is 4. The summed E-state index contributed by atoms with van der Waals surface area (Å²) in [7, 11) is 0. The highest BCUT2D eigenvalue weighted by atomic mass is 19.1. The van der Waals surface area contributed by atoms with E-state index < -0.39 is 0 Å². The molecule has 7 heteroatoms. The second-order valence-corrected chi connectivity index (χ2v) is 6.23.